The van der Waals surface area contributed by atoms with Crippen LogP contribution < -0.4 is 20.7 Å². The Morgan fingerprint density at radius 3 is 2.87 bits per heavy atom. The Bertz CT molecular complexity index is 924. The number of aryl methyl sites for hydroxylation is 1. The highest BCUT2D eigenvalue weighted by atomic mass is 16.5. The molecule has 9 heteroatoms. The summed E-state index contributed by atoms with van der Waals surface area (Å²) < 4.78 is 7.30. The third-order valence-corrected chi connectivity index (χ3v) is 5.06. The molecule has 9 nitrogen and oxygen atoms in total. The summed E-state index contributed by atoms with van der Waals surface area (Å²) in [4.78, 5) is 35.2. The predicted octanol–water partition coefficient (Wildman–Crippen LogP) is 0.636. The molecule has 1 aromatic heterocycles. The Labute approximate surface area is 175 Å². The zero-order chi connectivity index (χ0) is 21.5. The number of fused-ring (bicyclic) bond motifs is 1. The van der Waals surface area contributed by atoms with Crippen molar-refractivity contribution in [1.82, 2.24) is 25.7 Å². The van der Waals surface area contributed by atoms with Crippen molar-refractivity contribution in [3.8, 4) is 5.75 Å². The van der Waals surface area contributed by atoms with Crippen LogP contribution in [-0.2, 0) is 29.1 Å². The number of ether oxygens (including phenoxy) is 1. The van der Waals surface area contributed by atoms with Crippen molar-refractivity contribution in [2.24, 2.45) is 5.92 Å². The quantitative estimate of drug-likeness (QED) is 0.588. The summed E-state index contributed by atoms with van der Waals surface area (Å²) in [6.45, 7) is 3.11. The molecule has 3 N–H and O–H groups in total. The van der Waals surface area contributed by atoms with Crippen LogP contribution >= 0.6 is 0 Å². The van der Waals surface area contributed by atoms with Crippen molar-refractivity contribution < 1.29 is 19.1 Å². The summed E-state index contributed by atoms with van der Waals surface area (Å²) in [7, 11) is 1.55. The molecule has 1 aromatic carbocycles. The van der Waals surface area contributed by atoms with Gasteiger partial charge in [0.15, 0.2) is 6.61 Å². The minimum atomic E-state index is -0.212. The lowest BCUT2D eigenvalue weighted by molar-refractivity contribution is -0.122. The monoisotopic (exact) mass is 413 g/mol. The van der Waals surface area contributed by atoms with Crippen LogP contribution in [0.1, 0.15) is 35.0 Å². The number of nitrogens with one attached hydrogen (secondary N) is 3. The van der Waals surface area contributed by atoms with Gasteiger partial charge in [0.1, 0.15) is 5.75 Å². The van der Waals surface area contributed by atoms with Crippen LogP contribution in [0.2, 0.25) is 0 Å². The molecule has 0 fully saturated rings. The zero-order valence-electron chi connectivity index (χ0n) is 17.2. The Morgan fingerprint density at radius 1 is 1.27 bits per heavy atom. The van der Waals surface area contributed by atoms with Gasteiger partial charge >= 0.3 is 0 Å². The van der Waals surface area contributed by atoms with Crippen molar-refractivity contribution in [3.05, 3.63) is 47.3 Å². The Hall–Kier alpha value is -3.36. The molecule has 2 aromatic rings. The molecule has 0 aliphatic carbocycles. The molecule has 1 aliphatic heterocycles. The van der Waals surface area contributed by atoms with Crippen LogP contribution in [0.3, 0.4) is 0 Å². The number of aromatic nitrogens is 2. The maximum absolute atomic E-state index is 12.7. The average molecular weight is 413 g/mol. The molecule has 1 unspecified atom stereocenters. The number of hydrogen-bond acceptors (Lipinski definition) is 5. The molecule has 0 saturated heterocycles. The first kappa shape index (κ1) is 21.4. The van der Waals surface area contributed by atoms with E-state index >= 15 is 0 Å². The second kappa shape index (κ2) is 9.91. The molecule has 2 heterocycles. The summed E-state index contributed by atoms with van der Waals surface area (Å²) in [6, 6.07) is 7.25. The number of carbonyl (C=O) groups is 3. The fraction of sp³-hybridized carbons (Fsp3) is 0.429. The van der Waals surface area contributed by atoms with E-state index in [4.69, 9.17) is 4.74 Å². The van der Waals surface area contributed by atoms with E-state index in [1.54, 1.807) is 25.4 Å². The van der Waals surface area contributed by atoms with Crippen molar-refractivity contribution >= 4 is 17.7 Å². The van der Waals surface area contributed by atoms with E-state index in [0.29, 0.717) is 36.7 Å². The van der Waals surface area contributed by atoms with Gasteiger partial charge in [-0.25, -0.2) is 0 Å². The molecular weight excluding hydrogens is 386 g/mol. The van der Waals surface area contributed by atoms with Crippen LogP contribution in [0.4, 0.5) is 0 Å². The number of nitrogens with zero attached hydrogens (tertiary/aromatic N) is 2. The summed E-state index contributed by atoms with van der Waals surface area (Å²) in [5.41, 5.74) is 2.33. The lowest BCUT2D eigenvalue weighted by atomic mass is 9.94. The molecule has 0 saturated carbocycles. The zero-order valence-corrected chi connectivity index (χ0v) is 17.2. The van der Waals surface area contributed by atoms with E-state index in [0.717, 1.165) is 24.2 Å². The molecule has 3 amide bonds. The maximum Gasteiger partial charge on any atom is 0.257 e. The second-order valence-electron chi connectivity index (χ2n) is 7.32. The average Bonchev–Trinajstić information content (AvgIpc) is 3.18. The van der Waals surface area contributed by atoms with Crippen molar-refractivity contribution in [2.45, 2.75) is 32.9 Å². The maximum atomic E-state index is 12.7. The lowest BCUT2D eigenvalue weighted by Gasteiger charge is -2.24. The fourth-order valence-corrected chi connectivity index (χ4v) is 3.39. The second-order valence-corrected chi connectivity index (χ2v) is 7.32. The molecule has 0 spiro atoms. The number of hydrogen-bond donors (Lipinski definition) is 3. The van der Waals surface area contributed by atoms with Gasteiger partial charge in [0, 0.05) is 33.6 Å². The lowest BCUT2D eigenvalue weighted by Crippen LogP contribution is -2.33. The van der Waals surface area contributed by atoms with Crippen LogP contribution in [-0.4, -0.2) is 47.7 Å². The van der Waals surface area contributed by atoms with Crippen LogP contribution in [0, 0.1) is 5.92 Å². The van der Waals surface area contributed by atoms with Gasteiger partial charge in [-0.3, -0.25) is 19.1 Å². The Kier molecular flexibility index (Phi) is 7.05. The molecule has 160 valence electrons. The van der Waals surface area contributed by atoms with E-state index in [1.165, 1.54) is 6.92 Å². The summed E-state index contributed by atoms with van der Waals surface area (Å²) >= 11 is 0. The highest BCUT2D eigenvalue weighted by Gasteiger charge is 2.25. The topological polar surface area (TPSA) is 114 Å². The van der Waals surface area contributed by atoms with Gasteiger partial charge in [-0.15, -0.1) is 0 Å². The van der Waals surface area contributed by atoms with Gasteiger partial charge < -0.3 is 20.7 Å². The van der Waals surface area contributed by atoms with Crippen LogP contribution in [0.5, 0.6) is 5.75 Å². The van der Waals surface area contributed by atoms with Gasteiger partial charge in [0.05, 0.1) is 17.5 Å². The first-order chi connectivity index (χ1) is 14.5. The fourth-order valence-electron chi connectivity index (χ4n) is 3.39. The number of amides is 3. The Balaban J connectivity index is 1.58. The van der Waals surface area contributed by atoms with E-state index in [2.05, 4.69) is 21.0 Å². The highest BCUT2D eigenvalue weighted by molar-refractivity contribution is 5.95. The van der Waals surface area contributed by atoms with Gasteiger partial charge in [-0.05, 0) is 36.5 Å². The third kappa shape index (κ3) is 5.59. The summed E-state index contributed by atoms with van der Waals surface area (Å²) in [6.07, 6.45) is 3.22. The van der Waals surface area contributed by atoms with Gasteiger partial charge in [0.25, 0.3) is 11.8 Å². The Morgan fingerprint density at radius 2 is 2.10 bits per heavy atom. The number of carbonyl (C=O) groups excluding carboxylic acids is 3. The highest BCUT2D eigenvalue weighted by Crippen LogP contribution is 2.23. The molecule has 3 rings (SSSR count). The SMILES string of the molecule is CNC(=O)COc1cccc(CNC(=O)c2cnn3c2CC(CNC(C)=O)CC3)c1. The van der Waals surface area contributed by atoms with E-state index < -0.39 is 0 Å². The first-order valence-electron chi connectivity index (χ1n) is 9.96. The molecule has 1 atom stereocenters. The van der Waals surface area contributed by atoms with Crippen LogP contribution in [0.15, 0.2) is 30.5 Å². The van der Waals surface area contributed by atoms with E-state index in [9.17, 15) is 14.4 Å². The van der Waals surface area contributed by atoms with Crippen molar-refractivity contribution in [2.75, 3.05) is 20.2 Å². The molecule has 0 bridgehead atoms. The number of likely N-dealkylation sites (N-methyl/N-ethyl adjacent to an activating group) is 1. The van der Waals surface area contributed by atoms with Gasteiger partial charge in [-0.2, -0.15) is 5.10 Å². The number of rotatable bonds is 8. The van der Waals surface area contributed by atoms with E-state index in [-0.39, 0.29) is 24.3 Å². The van der Waals surface area contributed by atoms with Crippen LogP contribution in [0.25, 0.3) is 0 Å². The molecular formula is C21H27N5O4. The van der Waals surface area contributed by atoms with Crippen molar-refractivity contribution in [3.63, 3.8) is 0 Å². The summed E-state index contributed by atoms with van der Waals surface area (Å²) in [5, 5.41) is 12.6. The number of benzene rings is 1. The normalized spacial score (nSPS) is 15.1. The van der Waals surface area contributed by atoms with Crippen molar-refractivity contribution in [1.29, 1.82) is 0 Å². The van der Waals surface area contributed by atoms with E-state index in [1.807, 2.05) is 16.8 Å². The van der Waals surface area contributed by atoms with Gasteiger partial charge in [-0.1, -0.05) is 12.1 Å². The molecule has 1 aliphatic rings. The smallest absolute Gasteiger partial charge is 0.257 e. The summed E-state index contributed by atoms with van der Waals surface area (Å²) in [5.74, 6) is 0.408. The first-order valence-corrected chi connectivity index (χ1v) is 9.96. The minimum absolute atomic E-state index is 0.0476. The predicted molar refractivity (Wildman–Crippen MR) is 110 cm³/mol. The largest absolute Gasteiger partial charge is 0.484 e. The minimum Gasteiger partial charge on any atom is -0.484 e. The van der Waals surface area contributed by atoms with Gasteiger partial charge in [0.2, 0.25) is 5.91 Å². The standard InChI is InChI=1S/C21H27N5O4/c1-14(27)23-10-16-6-7-26-19(9-16)18(12-25-26)21(29)24-11-15-4-3-5-17(8-15)30-13-20(28)22-2/h3-5,8,12,16H,6-7,9-11,13H2,1-2H3,(H,22,28)(H,23,27)(H,24,29). The molecule has 0 radical (unpaired) electrons. The third-order valence-electron chi connectivity index (χ3n) is 5.06. The molecule has 30 heavy (non-hydrogen) atoms.